The number of aromatic nitrogens is 9. The van der Waals surface area contributed by atoms with Gasteiger partial charge in [-0.3, -0.25) is 29.5 Å². The predicted molar refractivity (Wildman–Crippen MR) is 445 cm³/mol. The lowest BCUT2D eigenvalue weighted by molar-refractivity contribution is -0.135. The topological polar surface area (TPSA) is 262 Å². The smallest absolute Gasteiger partial charge is 0.465 e. The van der Waals surface area contributed by atoms with E-state index in [0.717, 1.165) is 59.4 Å². The van der Waals surface area contributed by atoms with Crippen LogP contribution >= 0.6 is 47.8 Å². The van der Waals surface area contributed by atoms with Gasteiger partial charge in [-0.05, 0) is 192 Å². The Bertz CT molecular complexity index is 6030. The maximum atomic E-state index is 13.7. The summed E-state index contributed by atoms with van der Waals surface area (Å²) >= 11 is 10.6. The SMILES string of the molecule is CC(=O)c1ccccc1F.COC(=O)c1ccc2c(C3CCCCC3)c(Br)n(CC(=O)N3CCOCC3)c2c1.Fc1ccccc1-c1cnc2cc(Br)ccc2n1.Fc1ccccc1-c1cnc2ccc(Br)cc2n1.OB(O)c1ccc2nc(-c3ccccc3F)cnc2c1.OB(O)c1ccc2ncc(-c3ccccc3F)nc2c1. The molecule has 580 valence electrons. The van der Waals surface area contributed by atoms with Crippen molar-refractivity contribution in [2.75, 3.05) is 33.4 Å². The Morgan fingerprint density at radius 3 is 1.32 bits per heavy atom. The number of hydrogen-bond donors (Lipinski definition) is 4. The fourth-order valence-corrected chi connectivity index (χ4v) is 14.4. The first-order chi connectivity index (χ1) is 55.6. The van der Waals surface area contributed by atoms with Gasteiger partial charge in [-0.1, -0.05) is 130 Å². The molecule has 6 heterocycles. The standard InChI is InChI=1S/C22H27BrN2O4.2C14H10BFN2O2.2C14H8BrFN2.C8H7FO/c1-28-22(27)16-7-8-17-18(13-16)25(14-19(26)24-9-11-29-12-10-24)21(23)20(17)15-5-3-2-4-6-15;16-11-4-2-1-3-10(11)14-8-17-13-7-9(15(19)20)5-6-12(13)18-14;16-11-4-2-1-3-10(11)14-8-17-12-6-5-9(15(19)20)7-13(12)18-14;15-9-5-6-12-13(7-9)17-8-14(18-12)10-3-1-2-4-11(10)16;15-9-5-6-12-13(7-9)18-14(8-17-12)10-3-1-2-4-11(10)16;1-6(10)7-4-2-3-5-8(7)9/h7-8,13,15H,2-6,9-12,14H2,1H3;2*1-8,19-20H;2*1-8H;2-5H,1H3. The quantitative estimate of drug-likeness (QED) is 0.0406. The van der Waals surface area contributed by atoms with Crippen LogP contribution in [0.4, 0.5) is 22.0 Å². The van der Waals surface area contributed by atoms with Gasteiger partial charge in [0, 0.05) is 49.7 Å². The number of ether oxygens (including phenoxy) is 2. The van der Waals surface area contributed by atoms with Gasteiger partial charge >= 0.3 is 20.2 Å². The Kier molecular flexibility index (Phi) is 28.3. The van der Waals surface area contributed by atoms with E-state index in [0.29, 0.717) is 116 Å². The maximum Gasteiger partial charge on any atom is 0.488 e. The van der Waals surface area contributed by atoms with Crippen LogP contribution in [0.2, 0.25) is 0 Å². The lowest BCUT2D eigenvalue weighted by atomic mass is 9.80. The predicted octanol–water partition coefficient (Wildman–Crippen LogP) is 16.8. The van der Waals surface area contributed by atoms with Crippen molar-refractivity contribution in [3.63, 3.8) is 0 Å². The highest BCUT2D eigenvalue weighted by Crippen LogP contribution is 2.43. The van der Waals surface area contributed by atoms with Crippen molar-refractivity contribution < 1.29 is 65.9 Å². The van der Waals surface area contributed by atoms with Crippen LogP contribution in [0, 0.1) is 29.1 Å². The number of ketones is 1. The van der Waals surface area contributed by atoms with Gasteiger partial charge in [0.25, 0.3) is 0 Å². The number of amides is 1. The van der Waals surface area contributed by atoms with Crippen molar-refractivity contribution in [1.82, 2.24) is 49.3 Å². The molecule has 19 nitrogen and oxygen atoms in total. The number of hydrogen-bond acceptors (Lipinski definition) is 17. The second kappa shape index (κ2) is 39.2. The van der Waals surface area contributed by atoms with Crippen LogP contribution in [0.5, 0.6) is 0 Å². The molecule has 2 aliphatic rings. The molecule has 15 aromatic rings. The van der Waals surface area contributed by atoms with Crippen LogP contribution in [0.15, 0.2) is 251 Å². The van der Waals surface area contributed by atoms with E-state index >= 15 is 0 Å². The molecule has 1 saturated heterocycles. The number of morpholine rings is 1. The highest BCUT2D eigenvalue weighted by Gasteiger charge is 2.28. The van der Waals surface area contributed by atoms with Gasteiger partial charge in [-0.25, -0.2) is 46.7 Å². The number of fused-ring (bicyclic) bond motifs is 5. The number of methoxy groups -OCH3 is 1. The van der Waals surface area contributed by atoms with Crippen LogP contribution < -0.4 is 10.9 Å². The number of carbonyl (C=O) groups excluding carboxylic acids is 3. The molecule has 1 aliphatic carbocycles. The monoisotopic (exact) mass is 1740 g/mol. The van der Waals surface area contributed by atoms with Crippen LogP contribution in [-0.4, -0.2) is 135 Å². The lowest BCUT2D eigenvalue weighted by Crippen LogP contribution is -2.42. The summed E-state index contributed by atoms with van der Waals surface area (Å²) in [5.41, 5.74) is 12.3. The first-order valence-corrected chi connectivity index (χ1v) is 38.6. The summed E-state index contributed by atoms with van der Waals surface area (Å²) in [6, 6.07) is 58.1. The highest BCUT2D eigenvalue weighted by atomic mass is 79.9. The summed E-state index contributed by atoms with van der Waals surface area (Å²) in [7, 11) is -1.73. The molecular formula is C86H70B2Br3F5N10O9. The summed E-state index contributed by atoms with van der Waals surface area (Å²) in [4.78, 5) is 72.1. The molecule has 17 rings (SSSR count). The number of benzene rings is 10. The Balaban J connectivity index is 0.000000130. The van der Waals surface area contributed by atoms with E-state index in [-0.39, 0.29) is 53.0 Å². The molecule has 0 radical (unpaired) electrons. The zero-order valence-corrected chi connectivity index (χ0v) is 66.4. The largest absolute Gasteiger partial charge is 0.488 e. The molecule has 115 heavy (non-hydrogen) atoms. The Morgan fingerprint density at radius 2 is 0.870 bits per heavy atom. The Labute approximate surface area is 682 Å². The molecule has 1 aliphatic heterocycles. The highest BCUT2D eigenvalue weighted by molar-refractivity contribution is 9.11. The van der Waals surface area contributed by atoms with Crippen LogP contribution in [0.3, 0.4) is 0 Å². The average Bonchev–Trinajstić information content (AvgIpc) is 1.60. The molecule has 1 saturated carbocycles. The average molecular weight is 1740 g/mol. The van der Waals surface area contributed by atoms with E-state index in [1.165, 1.54) is 99.8 Å². The number of carbonyl (C=O) groups is 3. The zero-order chi connectivity index (χ0) is 81.2. The van der Waals surface area contributed by atoms with Crippen molar-refractivity contribution in [3.8, 4) is 45.0 Å². The van der Waals surface area contributed by atoms with Crippen molar-refractivity contribution in [2.24, 2.45) is 0 Å². The fraction of sp³-hybridized carbons (Fsp3) is 0.151. The van der Waals surface area contributed by atoms with Gasteiger partial charge in [0.05, 0.1) is 133 Å². The summed E-state index contributed by atoms with van der Waals surface area (Å²) < 4.78 is 82.5. The summed E-state index contributed by atoms with van der Waals surface area (Å²) in [6.45, 7) is 4.00. The van der Waals surface area contributed by atoms with Crippen molar-refractivity contribution in [2.45, 2.75) is 51.5 Å². The summed E-state index contributed by atoms with van der Waals surface area (Å²) in [5, 5.41) is 37.7. The van der Waals surface area contributed by atoms with Gasteiger partial charge in [-0.2, -0.15) is 0 Å². The molecule has 10 aromatic carbocycles. The third-order valence-electron chi connectivity index (χ3n) is 18.7. The number of rotatable bonds is 11. The fourth-order valence-electron chi connectivity index (χ4n) is 12.9. The number of esters is 1. The van der Waals surface area contributed by atoms with Crippen LogP contribution in [0.25, 0.3) is 100 Å². The third kappa shape index (κ3) is 21.0. The number of nitrogens with zero attached hydrogens (tertiary/aromatic N) is 10. The third-order valence-corrected chi connectivity index (χ3v) is 20.6. The minimum atomic E-state index is -1.57. The second-order valence-electron chi connectivity index (χ2n) is 26.3. The normalized spacial score (nSPS) is 12.5. The molecule has 0 spiro atoms. The molecular weight excluding hydrogens is 1670 g/mol. The summed E-state index contributed by atoms with van der Waals surface area (Å²) in [6.07, 6.45) is 12.2. The number of halogens is 8. The number of Topliss-reactive ketones (excluding diaryl/α,β-unsaturated/α-hetero) is 1. The molecule has 29 heteroatoms. The van der Waals surface area contributed by atoms with Gasteiger partial charge in [0.1, 0.15) is 35.6 Å². The van der Waals surface area contributed by atoms with E-state index in [2.05, 4.69) is 87.7 Å². The Hall–Kier alpha value is -11.3. The molecule has 0 bridgehead atoms. The summed E-state index contributed by atoms with van der Waals surface area (Å²) in [5.74, 6) is -1.82. The van der Waals surface area contributed by atoms with E-state index < -0.39 is 20.1 Å². The van der Waals surface area contributed by atoms with Crippen molar-refractivity contribution >= 4 is 146 Å². The zero-order valence-electron chi connectivity index (χ0n) is 61.6. The van der Waals surface area contributed by atoms with Gasteiger partial charge in [-0.15, -0.1) is 0 Å². The lowest BCUT2D eigenvalue weighted by Gasteiger charge is -2.27. The van der Waals surface area contributed by atoms with E-state index in [1.54, 1.807) is 122 Å². The van der Waals surface area contributed by atoms with Gasteiger partial charge in [0.2, 0.25) is 5.91 Å². The first-order valence-electron chi connectivity index (χ1n) is 36.2. The molecule has 0 atom stereocenters. The maximum absolute atomic E-state index is 13.7. The van der Waals surface area contributed by atoms with E-state index in [1.807, 2.05) is 64.1 Å². The van der Waals surface area contributed by atoms with Gasteiger partial charge in [0.15, 0.2) is 5.78 Å². The minimum absolute atomic E-state index is 0.0737. The van der Waals surface area contributed by atoms with Crippen LogP contribution in [-0.2, 0) is 20.8 Å². The molecule has 0 unspecified atom stereocenters. The Morgan fingerprint density at radius 1 is 0.470 bits per heavy atom. The van der Waals surface area contributed by atoms with E-state index in [4.69, 9.17) is 29.6 Å². The molecule has 1 amide bonds. The van der Waals surface area contributed by atoms with Crippen molar-refractivity contribution in [1.29, 1.82) is 0 Å². The molecule has 4 N–H and O–H groups in total. The van der Waals surface area contributed by atoms with Crippen LogP contribution in [0.1, 0.15) is 71.2 Å². The first kappa shape index (κ1) is 83.2. The molecule has 5 aromatic heterocycles. The van der Waals surface area contributed by atoms with E-state index in [9.17, 15) is 36.3 Å². The minimum Gasteiger partial charge on any atom is -0.465 e. The van der Waals surface area contributed by atoms with Gasteiger partial charge < -0.3 is 39.0 Å². The van der Waals surface area contributed by atoms with Crippen molar-refractivity contribution in [3.05, 3.63) is 296 Å². The molecule has 2 fully saturated rings. The second-order valence-corrected chi connectivity index (χ2v) is 28.9.